The quantitative estimate of drug-likeness (QED) is 0.375. The van der Waals surface area contributed by atoms with Crippen LogP contribution in [0.4, 0.5) is 33.7 Å². The minimum absolute atomic E-state index is 0. The molecule has 0 saturated heterocycles. The number of ether oxygens (including phenoxy) is 1. The van der Waals surface area contributed by atoms with Crippen LogP contribution in [0.25, 0.3) is 0 Å². The molecule has 3 aromatic rings. The fraction of sp³-hybridized carbons (Fsp3) is 0.0952. The van der Waals surface area contributed by atoms with Crippen LogP contribution in [-0.4, -0.2) is 24.0 Å². The summed E-state index contributed by atoms with van der Waals surface area (Å²) in [6, 6.07) is 8.21. The molecular formula is C21H19ClF4N4O3. The summed E-state index contributed by atoms with van der Waals surface area (Å²) in [5, 5.41) is 6.27. The van der Waals surface area contributed by atoms with Crippen molar-refractivity contribution in [2.24, 2.45) is 0 Å². The summed E-state index contributed by atoms with van der Waals surface area (Å²) in [4.78, 5) is 27.6. The summed E-state index contributed by atoms with van der Waals surface area (Å²) in [6.45, 7) is 0. The second kappa shape index (κ2) is 9.74. The number of carbonyl (C=O) groups is 2. The van der Waals surface area contributed by atoms with Gasteiger partial charge in [-0.1, -0.05) is 11.6 Å². The number of alkyl halides is 3. The van der Waals surface area contributed by atoms with Crippen LogP contribution in [-0.2, 0) is 6.18 Å². The first-order valence-corrected chi connectivity index (χ1v) is 9.55. The van der Waals surface area contributed by atoms with Crippen LogP contribution in [0.3, 0.4) is 0 Å². The highest BCUT2D eigenvalue weighted by atomic mass is 35.5. The lowest BCUT2D eigenvalue weighted by molar-refractivity contribution is -0.137. The Hall–Kier alpha value is -3.86. The van der Waals surface area contributed by atoms with Gasteiger partial charge >= 0.3 is 12.2 Å². The van der Waals surface area contributed by atoms with Crippen LogP contribution in [0.5, 0.6) is 11.5 Å². The predicted molar refractivity (Wildman–Crippen MR) is 117 cm³/mol. The summed E-state index contributed by atoms with van der Waals surface area (Å²) < 4.78 is 58.7. The maximum Gasteiger partial charge on any atom is 0.417 e. The third-order valence-electron chi connectivity index (χ3n) is 4.15. The van der Waals surface area contributed by atoms with Crippen LogP contribution in [0.1, 0.15) is 18.9 Å². The van der Waals surface area contributed by atoms with Gasteiger partial charge in [-0.2, -0.15) is 13.2 Å². The number of nitrogens with one attached hydrogen (secondary N) is 3. The van der Waals surface area contributed by atoms with Gasteiger partial charge in [0.25, 0.3) is 5.91 Å². The number of urea groups is 1. The molecule has 3 amide bonds. The van der Waals surface area contributed by atoms with E-state index in [4.69, 9.17) is 16.3 Å². The highest BCUT2D eigenvalue weighted by Crippen LogP contribution is 2.36. The standard InChI is InChI=1S/C21H15ClF4N4O3.2H2/c1-27-19(31)18-10-13(6-7-28-18)33-12-3-5-17(16(23)9-12)30-20(32)29-11-2-4-15(22)14(8-11)21(24,25)26;;/h2-10H,1H3,(H,27,31)(H2,29,30,32);2*1H. The van der Waals surface area contributed by atoms with Gasteiger partial charge in [-0.05, 0) is 36.4 Å². The van der Waals surface area contributed by atoms with Crippen molar-refractivity contribution in [1.82, 2.24) is 10.3 Å². The fourth-order valence-electron chi connectivity index (χ4n) is 2.63. The van der Waals surface area contributed by atoms with E-state index in [9.17, 15) is 27.2 Å². The van der Waals surface area contributed by atoms with Gasteiger partial charge in [0.05, 0.1) is 16.3 Å². The molecule has 0 aliphatic rings. The number of hydrogen-bond donors (Lipinski definition) is 3. The van der Waals surface area contributed by atoms with Crippen LogP contribution in [0.2, 0.25) is 5.02 Å². The number of hydrogen-bond acceptors (Lipinski definition) is 4. The first-order chi connectivity index (χ1) is 15.6. The van der Waals surface area contributed by atoms with Crippen molar-refractivity contribution in [2.45, 2.75) is 6.18 Å². The Kier molecular flexibility index (Phi) is 7.02. The van der Waals surface area contributed by atoms with Gasteiger partial charge < -0.3 is 20.7 Å². The SMILES string of the molecule is CNC(=O)c1cc(Oc2ccc(NC(=O)Nc3ccc(Cl)c(C(F)(F)F)c3)c(F)c2)ccn1.[HH].[HH]. The fourth-order valence-corrected chi connectivity index (χ4v) is 2.85. The Bertz CT molecular complexity index is 1220. The molecule has 2 aromatic carbocycles. The van der Waals surface area contributed by atoms with Crippen molar-refractivity contribution in [2.75, 3.05) is 17.7 Å². The molecule has 0 aliphatic heterocycles. The Labute approximate surface area is 192 Å². The number of aromatic nitrogens is 1. The van der Waals surface area contributed by atoms with Gasteiger partial charge in [0.2, 0.25) is 0 Å². The lowest BCUT2D eigenvalue weighted by Crippen LogP contribution is -2.20. The number of halogens is 5. The second-order valence-electron chi connectivity index (χ2n) is 6.47. The van der Waals surface area contributed by atoms with E-state index in [0.29, 0.717) is 6.07 Å². The molecule has 3 rings (SSSR count). The monoisotopic (exact) mass is 486 g/mol. The molecule has 176 valence electrons. The summed E-state index contributed by atoms with van der Waals surface area (Å²) in [6.07, 6.45) is -3.36. The molecule has 0 aliphatic carbocycles. The minimum Gasteiger partial charge on any atom is -0.457 e. The zero-order valence-electron chi connectivity index (χ0n) is 16.8. The van der Waals surface area contributed by atoms with E-state index in [2.05, 4.69) is 20.9 Å². The maximum atomic E-state index is 14.4. The van der Waals surface area contributed by atoms with Gasteiger partial charge in [-0.15, -0.1) is 0 Å². The van der Waals surface area contributed by atoms with E-state index >= 15 is 0 Å². The highest BCUT2D eigenvalue weighted by Gasteiger charge is 2.33. The smallest absolute Gasteiger partial charge is 0.417 e. The first kappa shape index (κ1) is 23.8. The molecule has 0 radical (unpaired) electrons. The zero-order valence-corrected chi connectivity index (χ0v) is 17.5. The molecule has 0 spiro atoms. The summed E-state index contributed by atoms with van der Waals surface area (Å²) >= 11 is 5.54. The van der Waals surface area contributed by atoms with Crippen LogP contribution >= 0.6 is 11.6 Å². The maximum absolute atomic E-state index is 14.4. The van der Waals surface area contributed by atoms with Gasteiger partial charge in [-0.3, -0.25) is 9.78 Å². The van der Waals surface area contributed by atoms with Crippen molar-refractivity contribution in [3.05, 3.63) is 76.8 Å². The molecule has 12 heteroatoms. The summed E-state index contributed by atoms with van der Waals surface area (Å²) in [5.41, 5.74) is -1.45. The molecule has 0 bridgehead atoms. The third kappa shape index (κ3) is 6.10. The van der Waals surface area contributed by atoms with Gasteiger partial charge in [0.15, 0.2) is 0 Å². The van der Waals surface area contributed by atoms with Crippen LogP contribution in [0, 0.1) is 5.82 Å². The van der Waals surface area contributed by atoms with Gasteiger partial charge in [0, 0.05) is 33.9 Å². The number of carbonyl (C=O) groups excluding carboxylic acids is 2. The Morgan fingerprint density at radius 1 is 1.03 bits per heavy atom. The van der Waals surface area contributed by atoms with Crippen molar-refractivity contribution in [3.63, 3.8) is 0 Å². The van der Waals surface area contributed by atoms with E-state index < -0.39 is 34.5 Å². The van der Waals surface area contributed by atoms with Crippen molar-refractivity contribution < 1.29 is 34.7 Å². The topological polar surface area (TPSA) is 92.4 Å². The Morgan fingerprint density at radius 2 is 1.76 bits per heavy atom. The summed E-state index contributed by atoms with van der Waals surface area (Å²) in [5.74, 6) is -1.000. The number of amides is 3. The number of benzene rings is 2. The van der Waals surface area contributed by atoms with E-state index in [-0.39, 0.29) is 31.4 Å². The molecule has 0 atom stereocenters. The average Bonchev–Trinajstić information content (AvgIpc) is 2.76. The normalized spacial score (nSPS) is 11.0. The number of nitrogens with zero attached hydrogens (tertiary/aromatic N) is 1. The van der Waals surface area contributed by atoms with E-state index in [1.54, 1.807) is 0 Å². The molecule has 1 heterocycles. The molecule has 0 saturated carbocycles. The Balaban J connectivity index is 0.00000306. The van der Waals surface area contributed by atoms with Crippen LogP contribution in [0.15, 0.2) is 54.7 Å². The van der Waals surface area contributed by atoms with Gasteiger partial charge in [-0.25, -0.2) is 9.18 Å². The van der Waals surface area contributed by atoms with E-state index in [0.717, 1.165) is 12.1 Å². The predicted octanol–water partition coefficient (Wildman–Crippen LogP) is 6.18. The van der Waals surface area contributed by atoms with Crippen LogP contribution < -0.4 is 20.7 Å². The lowest BCUT2D eigenvalue weighted by Gasteiger charge is -2.13. The molecule has 0 fully saturated rings. The van der Waals surface area contributed by atoms with Crippen molar-refractivity contribution in [1.29, 1.82) is 0 Å². The molecule has 33 heavy (non-hydrogen) atoms. The van der Waals surface area contributed by atoms with Crippen molar-refractivity contribution in [3.8, 4) is 11.5 Å². The number of rotatable bonds is 5. The Morgan fingerprint density at radius 3 is 2.42 bits per heavy atom. The lowest BCUT2D eigenvalue weighted by atomic mass is 10.2. The van der Waals surface area contributed by atoms with E-state index in [1.807, 2.05) is 0 Å². The highest BCUT2D eigenvalue weighted by molar-refractivity contribution is 6.31. The summed E-state index contributed by atoms with van der Waals surface area (Å²) in [7, 11) is 1.44. The van der Waals surface area contributed by atoms with Crippen molar-refractivity contribution >= 4 is 34.9 Å². The first-order valence-electron chi connectivity index (χ1n) is 9.17. The largest absolute Gasteiger partial charge is 0.457 e. The average molecular weight is 487 g/mol. The minimum atomic E-state index is -4.71. The number of anilines is 2. The van der Waals surface area contributed by atoms with Gasteiger partial charge in [0.1, 0.15) is 23.0 Å². The molecule has 7 nitrogen and oxygen atoms in total. The molecule has 1 aromatic heterocycles. The second-order valence-corrected chi connectivity index (χ2v) is 6.88. The molecule has 0 unspecified atom stereocenters. The zero-order chi connectivity index (χ0) is 24.2. The van der Waals surface area contributed by atoms with E-state index in [1.165, 1.54) is 43.6 Å². The third-order valence-corrected chi connectivity index (χ3v) is 4.47. The molecular weight excluding hydrogens is 468 g/mol. The molecule has 3 N–H and O–H groups in total. The number of pyridine rings is 1.